The number of carbonyl (C=O) groups excluding carboxylic acids is 1. The minimum Gasteiger partial charge on any atom is -0.481 e. The van der Waals surface area contributed by atoms with Gasteiger partial charge in [-0.15, -0.1) is 0 Å². The van der Waals surface area contributed by atoms with Crippen molar-refractivity contribution < 1.29 is 29.3 Å². The van der Waals surface area contributed by atoms with Crippen LogP contribution in [-0.4, -0.2) is 35.2 Å². The third-order valence-electron chi connectivity index (χ3n) is 2.69. The van der Waals surface area contributed by atoms with Gasteiger partial charge in [0.2, 0.25) is 0 Å². The predicted octanol–water partition coefficient (Wildman–Crippen LogP) is 0.607. The van der Waals surface area contributed by atoms with Crippen LogP contribution in [0.25, 0.3) is 0 Å². The van der Waals surface area contributed by atoms with E-state index in [2.05, 4.69) is 4.74 Å². The van der Waals surface area contributed by atoms with E-state index in [9.17, 15) is 14.4 Å². The fourth-order valence-electron chi connectivity index (χ4n) is 1.43. The quantitative estimate of drug-likeness (QED) is 0.650. The van der Waals surface area contributed by atoms with E-state index in [4.69, 9.17) is 10.2 Å². The van der Waals surface area contributed by atoms with Gasteiger partial charge >= 0.3 is 17.9 Å². The van der Waals surface area contributed by atoms with E-state index >= 15 is 0 Å². The fraction of sp³-hybridized carbons (Fsp3) is 0.700. The summed E-state index contributed by atoms with van der Waals surface area (Å²) in [5, 5.41) is 17.6. The van der Waals surface area contributed by atoms with E-state index < -0.39 is 35.7 Å². The molecule has 0 aromatic heterocycles. The molecule has 2 atom stereocenters. The lowest BCUT2D eigenvalue weighted by Crippen LogP contribution is -2.32. The highest BCUT2D eigenvalue weighted by molar-refractivity contribution is 5.77. The van der Waals surface area contributed by atoms with Crippen LogP contribution in [0, 0.1) is 17.8 Å². The van der Waals surface area contributed by atoms with Gasteiger partial charge in [0.05, 0.1) is 18.9 Å². The smallest absolute Gasteiger partial charge is 0.306 e. The second kappa shape index (κ2) is 6.09. The van der Waals surface area contributed by atoms with Crippen LogP contribution in [-0.2, 0) is 19.1 Å². The van der Waals surface area contributed by atoms with Crippen molar-refractivity contribution in [2.75, 3.05) is 7.11 Å². The second-order valence-corrected chi connectivity index (χ2v) is 3.70. The van der Waals surface area contributed by atoms with Crippen LogP contribution in [0.1, 0.15) is 20.3 Å². The monoisotopic (exact) mass is 232 g/mol. The Kier molecular flexibility index (Phi) is 5.49. The Bertz CT molecular complexity index is 265. The van der Waals surface area contributed by atoms with Crippen molar-refractivity contribution in [2.45, 2.75) is 20.3 Å². The first-order valence-electron chi connectivity index (χ1n) is 4.83. The van der Waals surface area contributed by atoms with Gasteiger partial charge in [0.1, 0.15) is 0 Å². The molecule has 0 radical (unpaired) electrons. The van der Waals surface area contributed by atoms with Crippen LogP contribution in [0.5, 0.6) is 0 Å². The Morgan fingerprint density at radius 2 is 1.44 bits per heavy atom. The van der Waals surface area contributed by atoms with Crippen molar-refractivity contribution in [2.24, 2.45) is 17.8 Å². The van der Waals surface area contributed by atoms with Crippen molar-refractivity contribution in [1.82, 2.24) is 0 Å². The maximum absolute atomic E-state index is 11.1. The molecular formula is C10H16O6. The van der Waals surface area contributed by atoms with Crippen LogP contribution < -0.4 is 0 Å². The Morgan fingerprint density at radius 3 is 1.69 bits per heavy atom. The fourth-order valence-corrected chi connectivity index (χ4v) is 1.43. The molecule has 92 valence electrons. The van der Waals surface area contributed by atoms with Gasteiger partial charge in [0, 0.05) is 6.42 Å². The summed E-state index contributed by atoms with van der Waals surface area (Å²) in [4.78, 5) is 32.7. The zero-order valence-electron chi connectivity index (χ0n) is 9.47. The maximum atomic E-state index is 11.1. The first-order chi connectivity index (χ1) is 7.31. The zero-order chi connectivity index (χ0) is 12.9. The summed E-state index contributed by atoms with van der Waals surface area (Å²) in [5.74, 6) is -5.45. The molecule has 16 heavy (non-hydrogen) atoms. The highest BCUT2D eigenvalue weighted by Gasteiger charge is 2.34. The number of carbonyl (C=O) groups is 3. The third kappa shape index (κ3) is 3.88. The van der Waals surface area contributed by atoms with Crippen LogP contribution >= 0.6 is 0 Å². The van der Waals surface area contributed by atoms with Crippen molar-refractivity contribution in [1.29, 1.82) is 0 Å². The molecule has 0 saturated heterocycles. The first kappa shape index (κ1) is 14.4. The van der Waals surface area contributed by atoms with Crippen molar-refractivity contribution in [3.8, 4) is 0 Å². The highest BCUT2D eigenvalue weighted by atomic mass is 16.5. The van der Waals surface area contributed by atoms with Gasteiger partial charge in [-0.25, -0.2) is 0 Å². The van der Waals surface area contributed by atoms with Crippen molar-refractivity contribution in [3.63, 3.8) is 0 Å². The van der Waals surface area contributed by atoms with Gasteiger partial charge in [0.25, 0.3) is 0 Å². The largest absolute Gasteiger partial charge is 0.481 e. The van der Waals surface area contributed by atoms with Crippen LogP contribution in [0.15, 0.2) is 0 Å². The summed E-state index contributed by atoms with van der Waals surface area (Å²) in [7, 11) is 1.18. The zero-order valence-corrected chi connectivity index (χ0v) is 9.47. The minimum absolute atomic E-state index is 0.211. The molecule has 0 spiro atoms. The van der Waals surface area contributed by atoms with E-state index in [1.807, 2.05) is 0 Å². The molecule has 0 fully saturated rings. The van der Waals surface area contributed by atoms with Gasteiger partial charge in [-0.05, 0) is 5.92 Å². The molecule has 0 aromatic carbocycles. The highest BCUT2D eigenvalue weighted by Crippen LogP contribution is 2.25. The first-order valence-corrected chi connectivity index (χ1v) is 4.83. The SMILES string of the molecule is COC(=O)CC(C(C)C(=O)O)C(C)C(=O)O. The minimum atomic E-state index is -1.12. The summed E-state index contributed by atoms with van der Waals surface area (Å²) in [6.45, 7) is 2.77. The Balaban J connectivity index is 4.82. The second-order valence-electron chi connectivity index (χ2n) is 3.70. The number of esters is 1. The van der Waals surface area contributed by atoms with Gasteiger partial charge < -0.3 is 14.9 Å². The number of hydrogen-bond donors (Lipinski definition) is 2. The number of carboxylic acids is 2. The van der Waals surface area contributed by atoms with Gasteiger partial charge in [-0.1, -0.05) is 13.8 Å². The summed E-state index contributed by atoms with van der Waals surface area (Å²) in [5.41, 5.74) is 0. The molecule has 0 amide bonds. The number of aliphatic carboxylic acids is 2. The van der Waals surface area contributed by atoms with E-state index in [1.54, 1.807) is 0 Å². The molecule has 6 nitrogen and oxygen atoms in total. The maximum Gasteiger partial charge on any atom is 0.306 e. The molecule has 2 N–H and O–H groups in total. The van der Waals surface area contributed by atoms with Gasteiger partial charge in [-0.2, -0.15) is 0 Å². The van der Waals surface area contributed by atoms with Crippen molar-refractivity contribution in [3.05, 3.63) is 0 Å². The molecule has 0 rings (SSSR count). The van der Waals surface area contributed by atoms with E-state index in [-0.39, 0.29) is 6.42 Å². The van der Waals surface area contributed by atoms with E-state index in [0.29, 0.717) is 0 Å². The van der Waals surface area contributed by atoms with E-state index in [1.165, 1.54) is 21.0 Å². The molecule has 0 aromatic rings. The average molecular weight is 232 g/mol. The normalized spacial score (nSPS) is 15.9. The Labute approximate surface area is 93.2 Å². The number of carboxylic acid groups (broad SMARTS) is 2. The Morgan fingerprint density at radius 1 is 1.06 bits per heavy atom. The van der Waals surface area contributed by atoms with Gasteiger partial charge in [0.15, 0.2) is 0 Å². The average Bonchev–Trinajstić information content (AvgIpc) is 2.23. The summed E-state index contributed by atoms with van der Waals surface area (Å²) >= 11 is 0. The van der Waals surface area contributed by atoms with Crippen LogP contribution in [0.4, 0.5) is 0 Å². The lowest BCUT2D eigenvalue weighted by Gasteiger charge is -2.23. The lowest BCUT2D eigenvalue weighted by atomic mass is 9.81. The molecule has 0 heterocycles. The predicted molar refractivity (Wildman–Crippen MR) is 53.7 cm³/mol. The number of methoxy groups -OCH3 is 1. The summed E-state index contributed by atoms with van der Waals surface area (Å²) in [6.07, 6.45) is -0.211. The van der Waals surface area contributed by atoms with Gasteiger partial charge in [-0.3, -0.25) is 14.4 Å². The molecule has 6 heteroatoms. The molecule has 0 aliphatic heterocycles. The van der Waals surface area contributed by atoms with Crippen LogP contribution in [0.2, 0.25) is 0 Å². The molecule has 0 saturated carbocycles. The van der Waals surface area contributed by atoms with Crippen molar-refractivity contribution >= 4 is 17.9 Å². The Hall–Kier alpha value is -1.59. The number of hydrogen-bond acceptors (Lipinski definition) is 4. The molecule has 0 bridgehead atoms. The number of ether oxygens (including phenoxy) is 1. The molecule has 0 aliphatic carbocycles. The van der Waals surface area contributed by atoms with Crippen LogP contribution in [0.3, 0.4) is 0 Å². The topological polar surface area (TPSA) is 101 Å². The summed E-state index contributed by atoms with van der Waals surface area (Å²) < 4.78 is 4.42. The third-order valence-corrected chi connectivity index (χ3v) is 2.69. The number of rotatable bonds is 6. The summed E-state index contributed by atoms with van der Waals surface area (Å²) in [6, 6.07) is 0. The molecule has 2 unspecified atom stereocenters. The van der Waals surface area contributed by atoms with E-state index in [0.717, 1.165) is 0 Å². The standard InChI is InChI=1S/C10H16O6/c1-5(9(12)13)7(4-8(11)16-3)6(2)10(14)15/h5-7H,4H2,1-3H3,(H,12,13)(H,14,15). The lowest BCUT2D eigenvalue weighted by molar-refractivity contribution is -0.151. The molecular weight excluding hydrogens is 216 g/mol. The molecule has 0 aliphatic rings.